The number of pyridine rings is 1. The van der Waals surface area contributed by atoms with Crippen LogP contribution >= 0.6 is 0 Å². The molecule has 0 aliphatic carbocycles. The third kappa shape index (κ3) is 4.13. The number of hydrogen-bond acceptors (Lipinski definition) is 4. The normalized spacial score (nSPS) is 16.5. The number of anilines is 1. The van der Waals surface area contributed by atoms with Gasteiger partial charge in [0.15, 0.2) is 0 Å². The van der Waals surface area contributed by atoms with Crippen LogP contribution in [0.25, 0.3) is 0 Å². The molecule has 0 bridgehead atoms. The van der Waals surface area contributed by atoms with Gasteiger partial charge in [0.2, 0.25) is 5.91 Å². The Bertz CT molecular complexity index is 647. The SMILES string of the molecule is CC(C(=O)NCc1ccnc(N2CCCCCC2)c1)n1cccn1. The number of carbonyl (C=O) groups is 1. The van der Waals surface area contributed by atoms with Crippen molar-refractivity contribution in [3.05, 3.63) is 42.4 Å². The Morgan fingerprint density at radius 1 is 1.25 bits per heavy atom. The van der Waals surface area contributed by atoms with Crippen LogP contribution in [-0.2, 0) is 11.3 Å². The lowest BCUT2D eigenvalue weighted by Crippen LogP contribution is -2.31. The van der Waals surface area contributed by atoms with Gasteiger partial charge in [-0.2, -0.15) is 5.10 Å². The molecule has 0 aromatic carbocycles. The Morgan fingerprint density at radius 3 is 2.75 bits per heavy atom. The Labute approximate surface area is 142 Å². The molecule has 128 valence electrons. The van der Waals surface area contributed by atoms with Gasteiger partial charge in [-0.05, 0) is 43.5 Å². The molecule has 0 saturated carbocycles. The van der Waals surface area contributed by atoms with Crippen molar-refractivity contribution in [3.63, 3.8) is 0 Å². The van der Waals surface area contributed by atoms with E-state index in [0.29, 0.717) is 6.54 Å². The molecule has 1 unspecified atom stereocenters. The molecule has 2 aromatic heterocycles. The maximum Gasteiger partial charge on any atom is 0.244 e. The molecule has 1 aliphatic rings. The molecule has 0 radical (unpaired) electrons. The van der Waals surface area contributed by atoms with Crippen molar-refractivity contribution in [2.45, 2.75) is 45.2 Å². The predicted octanol–water partition coefficient (Wildman–Crippen LogP) is 2.54. The fourth-order valence-corrected chi connectivity index (χ4v) is 3.01. The fraction of sp³-hybridized carbons (Fsp3) is 0.500. The highest BCUT2D eigenvalue weighted by molar-refractivity contribution is 5.79. The van der Waals surface area contributed by atoms with E-state index >= 15 is 0 Å². The molecule has 1 aliphatic heterocycles. The lowest BCUT2D eigenvalue weighted by molar-refractivity contribution is -0.124. The summed E-state index contributed by atoms with van der Waals surface area (Å²) in [4.78, 5) is 19.1. The molecule has 1 saturated heterocycles. The standard InChI is InChI=1S/C18H25N5O/c1-15(23-12-6-8-21-23)18(24)20-14-16-7-9-19-17(13-16)22-10-4-2-3-5-11-22/h6-9,12-13,15H,2-5,10-11,14H2,1H3,(H,20,24). The average molecular weight is 327 g/mol. The molecule has 2 aromatic rings. The number of rotatable bonds is 5. The zero-order valence-electron chi connectivity index (χ0n) is 14.2. The van der Waals surface area contributed by atoms with Crippen LogP contribution in [0.1, 0.15) is 44.2 Å². The van der Waals surface area contributed by atoms with E-state index in [1.54, 1.807) is 17.1 Å². The number of carbonyl (C=O) groups excluding carboxylic acids is 1. The summed E-state index contributed by atoms with van der Waals surface area (Å²) in [6, 6.07) is 5.55. The summed E-state index contributed by atoms with van der Waals surface area (Å²) >= 11 is 0. The van der Waals surface area contributed by atoms with E-state index < -0.39 is 0 Å². The second-order valence-electron chi connectivity index (χ2n) is 6.30. The van der Waals surface area contributed by atoms with E-state index in [1.807, 2.05) is 25.3 Å². The van der Waals surface area contributed by atoms with Gasteiger partial charge in [-0.1, -0.05) is 12.8 Å². The first-order chi connectivity index (χ1) is 11.7. The smallest absolute Gasteiger partial charge is 0.244 e. The minimum atomic E-state index is -0.313. The lowest BCUT2D eigenvalue weighted by atomic mass is 10.2. The number of aromatic nitrogens is 3. The van der Waals surface area contributed by atoms with Gasteiger partial charge in [0.1, 0.15) is 11.9 Å². The van der Waals surface area contributed by atoms with Crippen molar-refractivity contribution in [1.82, 2.24) is 20.1 Å². The van der Waals surface area contributed by atoms with Gasteiger partial charge in [-0.15, -0.1) is 0 Å². The first-order valence-corrected chi connectivity index (χ1v) is 8.71. The summed E-state index contributed by atoms with van der Waals surface area (Å²) in [6.45, 7) is 4.49. The fourth-order valence-electron chi connectivity index (χ4n) is 3.01. The van der Waals surface area contributed by atoms with Gasteiger partial charge in [0.05, 0.1) is 0 Å². The van der Waals surface area contributed by atoms with Crippen LogP contribution in [0.15, 0.2) is 36.8 Å². The molecule has 1 N–H and O–H groups in total. The molecule has 3 rings (SSSR count). The summed E-state index contributed by atoms with van der Waals surface area (Å²) in [5.74, 6) is 0.982. The number of hydrogen-bond donors (Lipinski definition) is 1. The van der Waals surface area contributed by atoms with Crippen molar-refractivity contribution in [2.24, 2.45) is 0 Å². The average Bonchev–Trinajstić information content (AvgIpc) is 3.01. The van der Waals surface area contributed by atoms with Crippen molar-refractivity contribution in [1.29, 1.82) is 0 Å². The number of amides is 1. The number of nitrogens with zero attached hydrogens (tertiary/aromatic N) is 4. The molecule has 1 atom stereocenters. The third-order valence-electron chi connectivity index (χ3n) is 4.51. The van der Waals surface area contributed by atoms with Crippen LogP contribution in [0.4, 0.5) is 5.82 Å². The van der Waals surface area contributed by atoms with E-state index in [0.717, 1.165) is 24.5 Å². The summed E-state index contributed by atoms with van der Waals surface area (Å²) in [6.07, 6.45) is 10.4. The van der Waals surface area contributed by atoms with E-state index in [-0.39, 0.29) is 11.9 Å². The second-order valence-corrected chi connectivity index (χ2v) is 6.30. The van der Waals surface area contributed by atoms with Crippen molar-refractivity contribution in [3.8, 4) is 0 Å². The van der Waals surface area contributed by atoms with E-state index in [1.165, 1.54) is 25.7 Å². The van der Waals surface area contributed by atoms with Crippen LogP contribution in [0.3, 0.4) is 0 Å². The highest BCUT2D eigenvalue weighted by Gasteiger charge is 2.15. The van der Waals surface area contributed by atoms with Gasteiger partial charge in [-0.3, -0.25) is 9.48 Å². The highest BCUT2D eigenvalue weighted by atomic mass is 16.2. The minimum Gasteiger partial charge on any atom is -0.357 e. The molecular weight excluding hydrogens is 302 g/mol. The number of nitrogens with one attached hydrogen (secondary N) is 1. The molecule has 3 heterocycles. The molecule has 6 nitrogen and oxygen atoms in total. The molecule has 1 fully saturated rings. The van der Waals surface area contributed by atoms with Crippen molar-refractivity contribution in [2.75, 3.05) is 18.0 Å². The van der Waals surface area contributed by atoms with Gasteiger partial charge in [0.25, 0.3) is 0 Å². The summed E-state index contributed by atoms with van der Waals surface area (Å²) < 4.78 is 1.66. The maximum absolute atomic E-state index is 12.2. The molecule has 1 amide bonds. The van der Waals surface area contributed by atoms with Crippen LogP contribution in [0.5, 0.6) is 0 Å². The first-order valence-electron chi connectivity index (χ1n) is 8.71. The summed E-state index contributed by atoms with van der Waals surface area (Å²) in [5, 5.41) is 7.10. The van der Waals surface area contributed by atoms with Crippen molar-refractivity contribution >= 4 is 11.7 Å². The van der Waals surface area contributed by atoms with Crippen LogP contribution < -0.4 is 10.2 Å². The van der Waals surface area contributed by atoms with Crippen LogP contribution in [0.2, 0.25) is 0 Å². The maximum atomic E-state index is 12.2. The first kappa shape index (κ1) is 16.5. The van der Waals surface area contributed by atoms with Gasteiger partial charge in [-0.25, -0.2) is 4.98 Å². The molecule has 24 heavy (non-hydrogen) atoms. The summed E-state index contributed by atoms with van der Waals surface area (Å²) in [7, 11) is 0. The van der Waals surface area contributed by atoms with Crippen LogP contribution in [-0.4, -0.2) is 33.8 Å². The van der Waals surface area contributed by atoms with E-state index in [4.69, 9.17) is 0 Å². The lowest BCUT2D eigenvalue weighted by Gasteiger charge is -2.22. The monoisotopic (exact) mass is 327 g/mol. The Morgan fingerprint density at radius 2 is 2.04 bits per heavy atom. The van der Waals surface area contributed by atoms with E-state index in [2.05, 4.69) is 26.4 Å². The third-order valence-corrected chi connectivity index (χ3v) is 4.51. The Balaban J connectivity index is 1.59. The van der Waals surface area contributed by atoms with E-state index in [9.17, 15) is 4.79 Å². The quantitative estimate of drug-likeness (QED) is 0.916. The summed E-state index contributed by atoms with van der Waals surface area (Å²) in [5.41, 5.74) is 1.07. The topological polar surface area (TPSA) is 63.1 Å². The van der Waals surface area contributed by atoms with Crippen molar-refractivity contribution < 1.29 is 4.79 Å². The van der Waals surface area contributed by atoms with Gasteiger partial charge >= 0.3 is 0 Å². The second kappa shape index (κ2) is 7.95. The van der Waals surface area contributed by atoms with Crippen LogP contribution in [0, 0.1) is 0 Å². The molecular formula is C18H25N5O. The molecule has 0 spiro atoms. The largest absolute Gasteiger partial charge is 0.357 e. The minimum absolute atomic E-state index is 0.0353. The van der Waals surface area contributed by atoms with Gasteiger partial charge in [0, 0.05) is 38.2 Å². The Hall–Kier alpha value is -2.37. The zero-order valence-corrected chi connectivity index (χ0v) is 14.2. The molecule has 6 heteroatoms. The predicted molar refractivity (Wildman–Crippen MR) is 93.7 cm³/mol. The highest BCUT2D eigenvalue weighted by Crippen LogP contribution is 2.18. The van der Waals surface area contributed by atoms with Gasteiger partial charge < -0.3 is 10.2 Å². The Kier molecular flexibility index (Phi) is 5.46. The zero-order chi connectivity index (χ0) is 16.8.